The van der Waals surface area contributed by atoms with Crippen LogP contribution in [0.3, 0.4) is 0 Å². The van der Waals surface area contributed by atoms with Crippen molar-refractivity contribution < 1.29 is 9.84 Å². The molecule has 84 valence electrons. The lowest BCUT2D eigenvalue weighted by molar-refractivity contribution is -0.116. The normalized spacial score (nSPS) is 31.7. The number of hydrogen-bond donors (Lipinski definition) is 1. The Bertz CT molecular complexity index is 302. The van der Waals surface area contributed by atoms with Gasteiger partial charge in [0.1, 0.15) is 0 Å². The molecule has 0 aliphatic heterocycles. The highest BCUT2D eigenvalue weighted by Gasteiger charge is 2.39. The lowest BCUT2D eigenvalue weighted by Crippen LogP contribution is -2.47. The molecule has 1 aliphatic rings. The summed E-state index contributed by atoms with van der Waals surface area (Å²) in [5.41, 5.74) is -0.704. The maximum atomic E-state index is 10.5. The van der Waals surface area contributed by atoms with E-state index < -0.39 is 5.60 Å². The van der Waals surface area contributed by atoms with Gasteiger partial charge in [0.15, 0.2) is 0 Å². The Balaban J connectivity index is 2.09. The molecule has 0 saturated heterocycles. The molecule has 1 aromatic heterocycles. The highest BCUT2D eigenvalue weighted by molar-refractivity contribution is 7.09. The molecule has 2 unspecified atom stereocenters. The van der Waals surface area contributed by atoms with Crippen LogP contribution in [0.15, 0.2) is 11.6 Å². The third-order valence-electron chi connectivity index (χ3n) is 3.15. The number of hydrogen-bond acceptors (Lipinski definition) is 4. The summed E-state index contributed by atoms with van der Waals surface area (Å²) in [5.74, 6) is 0. The number of aliphatic hydroxyl groups is 1. The second kappa shape index (κ2) is 4.60. The van der Waals surface area contributed by atoms with Crippen LogP contribution in [0.1, 0.15) is 30.7 Å². The van der Waals surface area contributed by atoms with Crippen LogP contribution in [0.2, 0.25) is 0 Å². The first kappa shape index (κ1) is 11.0. The van der Waals surface area contributed by atoms with Gasteiger partial charge in [-0.15, -0.1) is 11.3 Å². The number of thiazole rings is 1. The lowest BCUT2D eigenvalue weighted by atomic mass is 9.80. The lowest BCUT2D eigenvalue weighted by Gasteiger charge is -2.38. The maximum Gasteiger partial charge on any atom is 0.0971 e. The second-order valence-corrected chi connectivity index (χ2v) is 5.16. The summed E-state index contributed by atoms with van der Waals surface area (Å²) in [5, 5.41) is 13.5. The first-order valence-electron chi connectivity index (χ1n) is 5.38. The minimum atomic E-state index is -0.704. The van der Waals surface area contributed by atoms with E-state index in [9.17, 15) is 5.11 Å². The third-order valence-corrected chi connectivity index (χ3v) is 3.93. The molecule has 0 radical (unpaired) electrons. The molecule has 1 saturated carbocycles. The van der Waals surface area contributed by atoms with Crippen molar-refractivity contribution >= 4 is 11.3 Å². The first-order valence-corrected chi connectivity index (χ1v) is 6.26. The topological polar surface area (TPSA) is 42.4 Å². The molecule has 2 atom stereocenters. The van der Waals surface area contributed by atoms with Crippen molar-refractivity contribution in [3.05, 3.63) is 16.6 Å². The molecular weight excluding hydrogens is 210 g/mol. The van der Waals surface area contributed by atoms with Crippen molar-refractivity contribution in [1.29, 1.82) is 0 Å². The van der Waals surface area contributed by atoms with Crippen LogP contribution in [-0.4, -0.2) is 28.9 Å². The Morgan fingerprint density at radius 2 is 2.53 bits per heavy atom. The number of ether oxygens (including phenoxy) is 1. The summed E-state index contributed by atoms with van der Waals surface area (Å²) in [6.07, 6.45) is 6.40. The average Bonchev–Trinajstić information content (AvgIpc) is 2.70. The van der Waals surface area contributed by atoms with Crippen LogP contribution < -0.4 is 0 Å². The minimum absolute atomic E-state index is 0.0323. The standard InChI is InChI=1S/C11H17NO2S/c1-14-9-4-2-3-5-11(9,13)8-10-12-6-7-15-10/h6-7,9,13H,2-5,8H2,1H3. The van der Waals surface area contributed by atoms with Crippen molar-refractivity contribution in [1.82, 2.24) is 4.98 Å². The van der Waals surface area contributed by atoms with Crippen LogP contribution in [-0.2, 0) is 11.2 Å². The summed E-state index contributed by atoms with van der Waals surface area (Å²) in [7, 11) is 1.68. The molecule has 4 heteroatoms. The van der Waals surface area contributed by atoms with Crippen LogP contribution in [0, 0.1) is 0 Å². The molecule has 2 rings (SSSR count). The average molecular weight is 227 g/mol. The highest BCUT2D eigenvalue weighted by Crippen LogP contribution is 2.33. The molecular formula is C11H17NO2S. The Kier molecular flexibility index (Phi) is 3.38. The van der Waals surface area contributed by atoms with Crippen LogP contribution >= 0.6 is 11.3 Å². The Hall–Kier alpha value is -0.450. The van der Waals surface area contributed by atoms with E-state index in [-0.39, 0.29) is 6.10 Å². The van der Waals surface area contributed by atoms with Gasteiger partial charge in [-0.1, -0.05) is 12.8 Å². The van der Waals surface area contributed by atoms with E-state index in [1.165, 1.54) is 0 Å². The van der Waals surface area contributed by atoms with E-state index in [0.29, 0.717) is 6.42 Å². The Morgan fingerprint density at radius 3 is 3.20 bits per heavy atom. The van der Waals surface area contributed by atoms with Crippen molar-refractivity contribution in [3.63, 3.8) is 0 Å². The molecule has 0 bridgehead atoms. The van der Waals surface area contributed by atoms with Gasteiger partial charge in [0.05, 0.1) is 16.7 Å². The van der Waals surface area contributed by atoms with E-state index >= 15 is 0 Å². The Morgan fingerprint density at radius 1 is 1.67 bits per heavy atom. The molecule has 0 spiro atoms. The van der Waals surface area contributed by atoms with E-state index in [0.717, 1.165) is 30.7 Å². The van der Waals surface area contributed by atoms with Gasteiger partial charge in [0, 0.05) is 25.1 Å². The van der Waals surface area contributed by atoms with Gasteiger partial charge in [-0.25, -0.2) is 4.98 Å². The predicted molar refractivity (Wildman–Crippen MR) is 60.0 cm³/mol. The SMILES string of the molecule is COC1CCCCC1(O)Cc1nccs1. The molecule has 1 aromatic rings. The fraction of sp³-hybridized carbons (Fsp3) is 0.727. The summed E-state index contributed by atoms with van der Waals surface area (Å²) in [4.78, 5) is 4.23. The number of methoxy groups -OCH3 is 1. The van der Waals surface area contributed by atoms with Crippen molar-refractivity contribution in [2.24, 2.45) is 0 Å². The zero-order valence-corrected chi connectivity index (χ0v) is 9.80. The van der Waals surface area contributed by atoms with Gasteiger partial charge < -0.3 is 9.84 Å². The fourth-order valence-electron chi connectivity index (χ4n) is 2.33. The summed E-state index contributed by atoms with van der Waals surface area (Å²) in [6, 6.07) is 0. The molecule has 0 amide bonds. The van der Waals surface area contributed by atoms with Gasteiger partial charge in [-0.2, -0.15) is 0 Å². The second-order valence-electron chi connectivity index (χ2n) is 4.18. The third kappa shape index (κ3) is 2.38. The smallest absolute Gasteiger partial charge is 0.0971 e. The molecule has 3 nitrogen and oxygen atoms in total. The number of nitrogens with zero attached hydrogens (tertiary/aromatic N) is 1. The first-order chi connectivity index (χ1) is 7.24. The molecule has 1 aliphatic carbocycles. The van der Waals surface area contributed by atoms with Crippen LogP contribution in [0.4, 0.5) is 0 Å². The van der Waals surface area contributed by atoms with Gasteiger partial charge in [-0.3, -0.25) is 0 Å². The molecule has 1 heterocycles. The number of aromatic nitrogens is 1. The zero-order chi connectivity index (χ0) is 10.7. The van der Waals surface area contributed by atoms with Gasteiger partial charge >= 0.3 is 0 Å². The molecule has 15 heavy (non-hydrogen) atoms. The van der Waals surface area contributed by atoms with Gasteiger partial charge in [-0.05, 0) is 12.8 Å². The molecule has 1 N–H and O–H groups in total. The molecule has 1 fully saturated rings. The van der Waals surface area contributed by atoms with Gasteiger partial charge in [0.2, 0.25) is 0 Å². The summed E-state index contributed by atoms with van der Waals surface area (Å²) < 4.78 is 5.38. The van der Waals surface area contributed by atoms with E-state index in [1.807, 2.05) is 5.38 Å². The fourth-order valence-corrected chi connectivity index (χ4v) is 3.07. The van der Waals surface area contributed by atoms with Crippen LogP contribution in [0.25, 0.3) is 0 Å². The van der Waals surface area contributed by atoms with Crippen molar-refractivity contribution in [3.8, 4) is 0 Å². The van der Waals surface area contributed by atoms with Crippen LogP contribution in [0.5, 0.6) is 0 Å². The minimum Gasteiger partial charge on any atom is -0.387 e. The van der Waals surface area contributed by atoms with E-state index in [1.54, 1.807) is 24.6 Å². The van der Waals surface area contributed by atoms with E-state index in [2.05, 4.69) is 4.98 Å². The Labute approximate surface area is 94.1 Å². The van der Waals surface area contributed by atoms with Crippen molar-refractivity contribution in [2.45, 2.75) is 43.8 Å². The van der Waals surface area contributed by atoms with E-state index in [4.69, 9.17) is 4.74 Å². The number of rotatable bonds is 3. The summed E-state index contributed by atoms with van der Waals surface area (Å²) >= 11 is 1.60. The molecule has 0 aromatic carbocycles. The zero-order valence-electron chi connectivity index (χ0n) is 8.98. The highest BCUT2D eigenvalue weighted by atomic mass is 32.1. The quantitative estimate of drug-likeness (QED) is 0.859. The summed E-state index contributed by atoms with van der Waals surface area (Å²) in [6.45, 7) is 0. The maximum absolute atomic E-state index is 10.5. The monoisotopic (exact) mass is 227 g/mol. The van der Waals surface area contributed by atoms with Gasteiger partial charge in [0.25, 0.3) is 0 Å². The van der Waals surface area contributed by atoms with Crippen molar-refractivity contribution in [2.75, 3.05) is 7.11 Å². The predicted octanol–water partition coefficient (Wildman–Crippen LogP) is 2.01. The largest absolute Gasteiger partial charge is 0.387 e.